The van der Waals surface area contributed by atoms with Gasteiger partial charge in [0.1, 0.15) is 11.5 Å². The summed E-state index contributed by atoms with van der Waals surface area (Å²) in [6.07, 6.45) is 0.445. The normalized spacial score (nSPS) is 24.5. The molecule has 0 aliphatic carbocycles. The Morgan fingerprint density at radius 2 is 1.21 bits per heavy atom. The average molecular weight is 599 g/mol. The van der Waals surface area contributed by atoms with E-state index in [0.29, 0.717) is 6.61 Å². The van der Waals surface area contributed by atoms with Crippen molar-refractivity contribution >= 4 is 36.7 Å². The summed E-state index contributed by atoms with van der Waals surface area (Å²) >= 11 is 1.79. The Balaban J connectivity index is 2.49. The summed E-state index contributed by atoms with van der Waals surface area (Å²) in [5.74, 6) is 0. The van der Waals surface area contributed by atoms with Crippen LogP contribution in [0.2, 0.25) is 54.4 Å². The second-order valence-corrected chi connectivity index (χ2v) is 31.2. The molecular weight excluding hydrogens is 541 g/mol. The number of hydrogen-bond donors (Lipinski definition) is 0. The Morgan fingerprint density at radius 3 is 1.68 bits per heavy atom. The molecule has 1 saturated heterocycles. The molecule has 4 atom stereocenters. The third-order valence-corrected chi connectivity index (χ3v) is 24.0. The summed E-state index contributed by atoms with van der Waals surface area (Å²) in [4.78, 5) is 1.22. The summed E-state index contributed by atoms with van der Waals surface area (Å²) in [5, 5.41) is 0.337. The van der Waals surface area contributed by atoms with E-state index in [9.17, 15) is 0 Å². The number of rotatable bonds is 9. The second-order valence-electron chi connectivity index (χ2n) is 15.6. The fraction of sp³-hybridized carbons (Fsp3) is 0.800. The predicted molar refractivity (Wildman–Crippen MR) is 173 cm³/mol. The van der Waals surface area contributed by atoms with Gasteiger partial charge in [0.2, 0.25) is 0 Å². The number of hydrogen-bond acceptors (Lipinski definition) is 5. The molecule has 0 radical (unpaired) electrons. The van der Waals surface area contributed by atoms with E-state index in [1.54, 1.807) is 11.8 Å². The van der Waals surface area contributed by atoms with E-state index < -0.39 is 25.0 Å². The summed E-state index contributed by atoms with van der Waals surface area (Å²) < 4.78 is 28.1. The Kier molecular flexibility index (Phi) is 10.9. The minimum absolute atomic E-state index is 0.0144. The van der Waals surface area contributed by atoms with Crippen LogP contribution in [-0.2, 0) is 18.0 Å². The molecule has 1 aromatic carbocycles. The topological polar surface area (TPSA) is 36.9 Å². The summed E-state index contributed by atoms with van der Waals surface area (Å²) in [7, 11) is -6.13. The summed E-state index contributed by atoms with van der Waals surface area (Å²) in [6.45, 7) is 35.3. The van der Waals surface area contributed by atoms with Gasteiger partial charge in [0.15, 0.2) is 25.0 Å². The van der Waals surface area contributed by atoms with Crippen LogP contribution in [0.25, 0.3) is 0 Å². The van der Waals surface area contributed by atoms with Crippen LogP contribution >= 0.6 is 11.8 Å². The van der Waals surface area contributed by atoms with Crippen LogP contribution in [0.3, 0.4) is 0 Å². The molecule has 1 aliphatic rings. The third-order valence-electron chi connectivity index (χ3n) is 9.40. The number of thioether (sulfide) groups is 1. The highest BCUT2D eigenvalue weighted by Crippen LogP contribution is 2.45. The van der Waals surface area contributed by atoms with Crippen molar-refractivity contribution in [3.05, 3.63) is 30.3 Å². The molecule has 38 heavy (non-hydrogen) atoms. The van der Waals surface area contributed by atoms with Gasteiger partial charge in [-0.3, -0.25) is 0 Å². The molecule has 1 aromatic rings. The average Bonchev–Trinajstić information content (AvgIpc) is 2.72. The van der Waals surface area contributed by atoms with E-state index in [2.05, 4.69) is 132 Å². The van der Waals surface area contributed by atoms with Crippen molar-refractivity contribution in [3.8, 4) is 0 Å². The lowest BCUT2D eigenvalue weighted by Crippen LogP contribution is -2.60. The van der Waals surface area contributed by atoms with Crippen LogP contribution in [0, 0.1) is 0 Å². The van der Waals surface area contributed by atoms with Gasteiger partial charge < -0.3 is 18.0 Å². The van der Waals surface area contributed by atoms with Crippen molar-refractivity contribution in [1.82, 2.24) is 0 Å². The molecule has 0 N–H and O–H groups in total. The van der Waals surface area contributed by atoms with E-state index in [1.807, 2.05) is 0 Å². The zero-order valence-corrected chi connectivity index (χ0v) is 31.0. The maximum Gasteiger partial charge on any atom is 0.192 e. The third kappa shape index (κ3) is 8.78. The molecule has 1 aliphatic heterocycles. The van der Waals surface area contributed by atoms with Gasteiger partial charge in [-0.15, -0.1) is 0 Å². The lowest BCUT2D eigenvalue weighted by molar-refractivity contribution is -0.145. The van der Waals surface area contributed by atoms with E-state index in [-0.39, 0.29) is 38.9 Å². The molecule has 0 spiro atoms. The molecule has 0 saturated carbocycles. The van der Waals surface area contributed by atoms with Gasteiger partial charge in [-0.05, 0) is 66.5 Å². The van der Waals surface area contributed by atoms with Gasteiger partial charge >= 0.3 is 0 Å². The van der Waals surface area contributed by atoms with Gasteiger partial charge in [0, 0.05) is 11.3 Å². The van der Waals surface area contributed by atoms with Crippen molar-refractivity contribution in [1.29, 1.82) is 0 Å². The van der Waals surface area contributed by atoms with Crippen LogP contribution in [-0.4, -0.2) is 55.3 Å². The summed E-state index contributed by atoms with van der Waals surface area (Å²) in [6, 6.07) is 10.6. The van der Waals surface area contributed by atoms with Crippen molar-refractivity contribution in [2.45, 2.75) is 152 Å². The van der Waals surface area contributed by atoms with Crippen LogP contribution in [0.5, 0.6) is 0 Å². The monoisotopic (exact) mass is 598 g/mol. The predicted octanol–water partition coefficient (Wildman–Crippen LogP) is 9.70. The van der Waals surface area contributed by atoms with Gasteiger partial charge in [-0.2, -0.15) is 0 Å². The van der Waals surface area contributed by atoms with Gasteiger partial charge in [-0.25, -0.2) is 0 Å². The quantitative estimate of drug-likeness (QED) is 0.264. The number of ether oxygens (including phenoxy) is 1. The first-order chi connectivity index (χ1) is 17.0. The zero-order valence-electron chi connectivity index (χ0n) is 27.2. The number of benzene rings is 1. The second kappa shape index (κ2) is 12.1. The molecule has 8 heteroatoms. The smallest absolute Gasteiger partial charge is 0.192 e. The summed E-state index contributed by atoms with van der Waals surface area (Å²) in [5.41, 5.74) is -0.0144. The minimum Gasteiger partial charge on any atom is -0.414 e. The van der Waals surface area contributed by atoms with Crippen LogP contribution < -0.4 is 0 Å². The van der Waals surface area contributed by atoms with E-state index >= 15 is 0 Å². The lowest BCUT2D eigenvalue weighted by Gasteiger charge is -2.50. The van der Waals surface area contributed by atoms with E-state index in [1.165, 1.54) is 4.90 Å². The standard InChI is InChI=1S/C30H58O4SSi3/c1-28(2,3)36(10,11)31-22-25-27(34-38(14,15)30(7,8)9)24(33-37(12,13)29(4,5)6)21-26(32-25)35-23-19-17-16-18-20-23/h16-20,24-27H,21-22H2,1-15H3/t24-,25?,26+,27-/m1/s1. The molecule has 0 aromatic heterocycles. The fourth-order valence-corrected chi connectivity index (χ4v) is 8.39. The van der Waals surface area contributed by atoms with Gasteiger partial charge in [-0.1, -0.05) is 92.3 Å². The first-order valence-electron chi connectivity index (χ1n) is 14.3. The van der Waals surface area contributed by atoms with Crippen LogP contribution in [0.4, 0.5) is 0 Å². The molecule has 1 unspecified atom stereocenters. The SMILES string of the molecule is CC(C)(C)[Si](C)(C)OCC1O[C@@H](Sc2ccccc2)C[C@@H](O[Si](C)(C)C(C)(C)C)[C@H]1O[Si](C)(C)C(C)(C)C. The molecule has 0 amide bonds. The first kappa shape index (κ1) is 34.3. The molecule has 220 valence electrons. The first-order valence-corrected chi connectivity index (χ1v) is 23.9. The lowest BCUT2D eigenvalue weighted by atomic mass is 10.0. The van der Waals surface area contributed by atoms with Crippen molar-refractivity contribution in [2.75, 3.05) is 6.61 Å². The molecule has 2 rings (SSSR count). The molecule has 1 fully saturated rings. The fourth-order valence-electron chi connectivity index (χ4n) is 3.60. The Labute approximate surface area is 242 Å². The highest BCUT2D eigenvalue weighted by atomic mass is 32.2. The van der Waals surface area contributed by atoms with Crippen molar-refractivity contribution < 1.29 is 18.0 Å². The Bertz CT molecular complexity index is 885. The maximum absolute atomic E-state index is 7.21. The molecule has 4 nitrogen and oxygen atoms in total. The van der Waals surface area contributed by atoms with Gasteiger partial charge in [0.05, 0.1) is 18.8 Å². The Morgan fingerprint density at radius 1 is 0.737 bits per heavy atom. The highest BCUT2D eigenvalue weighted by molar-refractivity contribution is 7.99. The molecule has 0 bridgehead atoms. The maximum atomic E-state index is 7.21. The minimum atomic E-state index is -2.10. The van der Waals surface area contributed by atoms with Crippen molar-refractivity contribution in [3.63, 3.8) is 0 Å². The highest BCUT2D eigenvalue weighted by Gasteiger charge is 2.51. The zero-order chi connectivity index (χ0) is 29.4. The van der Waals surface area contributed by atoms with Gasteiger partial charge in [0.25, 0.3) is 0 Å². The van der Waals surface area contributed by atoms with E-state index in [0.717, 1.165) is 6.42 Å². The largest absolute Gasteiger partial charge is 0.414 e. The Hall–Kier alpha value is 0.0606. The van der Waals surface area contributed by atoms with Crippen molar-refractivity contribution in [2.24, 2.45) is 0 Å². The van der Waals surface area contributed by atoms with E-state index in [4.69, 9.17) is 18.0 Å². The molecule has 1 heterocycles. The van der Waals surface area contributed by atoms with Crippen LogP contribution in [0.1, 0.15) is 68.7 Å². The molecular formula is C30H58O4SSi3. The van der Waals surface area contributed by atoms with Crippen LogP contribution in [0.15, 0.2) is 35.2 Å².